The summed E-state index contributed by atoms with van der Waals surface area (Å²) in [5.74, 6) is 0.443. The quantitative estimate of drug-likeness (QED) is 0.588. The van der Waals surface area contributed by atoms with E-state index in [2.05, 4.69) is 26.1 Å². The highest BCUT2D eigenvalue weighted by molar-refractivity contribution is 5.73. The highest BCUT2D eigenvalue weighted by atomic mass is 16.1. The van der Waals surface area contributed by atoms with Crippen LogP contribution in [0.4, 0.5) is 0 Å². The number of nitrogens with one attached hydrogen (secondary N) is 1. The first kappa shape index (κ1) is 12.4. The van der Waals surface area contributed by atoms with Gasteiger partial charge < -0.3 is 11.1 Å². The molecule has 0 spiro atoms. The van der Waals surface area contributed by atoms with Gasteiger partial charge in [0.05, 0.1) is 0 Å². The van der Waals surface area contributed by atoms with Crippen molar-refractivity contribution >= 4 is 5.91 Å². The lowest BCUT2D eigenvalue weighted by Crippen LogP contribution is -2.34. The van der Waals surface area contributed by atoms with Crippen LogP contribution >= 0.6 is 0 Å². The largest absolute Gasteiger partial charge is 0.370 e. The highest BCUT2D eigenvalue weighted by Gasteiger charge is 2.08. The van der Waals surface area contributed by atoms with E-state index < -0.39 is 0 Å². The van der Waals surface area contributed by atoms with Gasteiger partial charge in [-0.1, -0.05) is 20.8 Å². The maximum absolute atomic E-state index is 10.4. The van der Waals surface area contributed by atoms with Crippen molar-refractivity contribution in [3.05, 3.63) is 0 Å². The fraction of sp³-hybridized carbons (Fsp3) is 0.900. The molecule has 0 radical (unpaired) electrons. The Hall–Kier alpha value is -0.570. The van der Waals surface area contributed by atoms with Gasteiger partial charge in [-0.15, -0.1) is 0 Å². The predicted molar refractivity (Wildman–Crippen MR) is 55.3 cm³/mol. The van der Waals surface area contributed by atoms with Gasteiger partial charge in [0.2, 0.25) is 5.91 Å². The minimum Gasteiger partial charge on any atom is -0.370 e. The predicted octanol–water partition coefficient (Wildman–Crippen LogP) is 1.28. The fourth-order valence-electron chi connectivity index (χ4n) is 1.40. The second kappa shape index (κ2) is 6.89. The third kappa shape index (κ3) is 6.58. The molecule has 0 fully saturated rings. The van der Waals surface area contributed by atoms with Crippen LogP contribution in [0.1, 0.15) is 40.0 Å². The van der Waals surface area contributed by atoms with E-state index in [1.165, 1.54) is 0 Å². The van der Waals surface area contributed by atoms with Gasteiger partial charge in [-0.25, -0.2) is 0 Å². The van der Waals surface area contributed by atoms with Crippen molar-refractivity contribution in [3.63, 3.8) is 0 Å². The number of rotatable bonds is 7. The Morgan fingerprint density at radius 2 is 2.08 bits per heavy atom. The number of nitrogens with two attached hydrogens (primary N) is 1. The number of carbonyl (C=O) groups excluding carboxylic acids is 1. The standard InChI is InChI=1S/C10H22N2O/c1-4-9(8(2)3)12-7-5-6-10(11)13/h8-9,12H,4-7H2,1-3H3,(H2,11,13). The average molecular weight is 186 g/mol. The van der Waals surface area contributed by atoms with Gasteiger partial charge in [-0.3, -0.25) is 4.79 Å². The molecule has 0 aliphatic rings. The van der Waals surface area contributed by atoms with Crippen LogP contribution in [0.2, 0.25) is 0 Å². The molecule has 1 unspecified atom stereocenters. The molecule has 0 aromatic heterocycles. The van der Waals surface area contributed by atoms with Crippen LogP contribution in [-0.4, -0.2) is 18.5 Å². The summed E-state index contributed by atoms with van der Waals surface area (Å²) in [5, 5.41) is 3.42. The summed E-state index contributed by atoms with van der Waals surface area (Å²) in [6, 6.07) is 0.563. The second-order valence-electron chi connectivity index (χ2n) is 3.78. The number of hydrogen-bond acceptors (Lipinski definition) is 2. The van der Waals surface area contributed by atoms with Crippen LogP contribution in [0, 0.1) is 5.92 Å². The Labute approximate surface area is 81.1 Å². The average Bonchev–Trinajstić information content (AvgIpc) is 2.03. The summed E-state index contributed by atoms with van der Waals surface area (Å²) in [5.41, 5.74) is 5.03. The van der Waals surface area contributed by atoms with Crippen LogP contribution in [0.15, 0.2) is 0 Å². The molecule has 0 aromatic rings. The van der Waals surface area contributed by atoms with Crippen LogP contribution < -0.4 is 11.1 Å². The summed E-state index contributed by atoms with van der Waals surface area (Å²) in [4.78, 5) is 10.4. The molecule has 0 aromatic carbocycles. The van der Waals surface area contributed by atoms with Crippen LogP contribution in [0.3, 0.4) is 0 Å². The topological polar surface area (TPSA) is 55.1 Å². The first-order chi connectivity index (χ1) is 6.07. The number of hydrogen-bond donors (Lipinski definition) is 2. The van der Waals surface area contributed by atoms with Crippen LogP contribution in [-0.2, 0) is 4.79 Å². The molecule has 0 aliphatic heterocycles. The normalized spacial score (nSPS) is 13.2. The number of primary amides is 1. The van der Waals surface area contributed by atoms with Crippen molar-refractivity contribution in [2.75, 3.05) is 6.54 Å². The lowest BCUT2D eigenvalue weighted by Gasteiger charge is -2.20. The first-order valence-corrected chi connectivity index (χ1v) is 5.09. The van der Waals surface area contributed by atoms with Gasteiger partial charge in [-0.05, 0) is 25.3 Å². The molecule has 3 heteroatoms. The van der Waals surface area contributed by atoms with E-state index in [9.17, 15) is 4.79 Å². The molecule has 1 amide bonds. The van der Waals surface area contributed by atoms with Crippen LogP contribution in [0.25, 0.3) is 0 Å². The zero-order valence-electron chi connectivity index (χ0n) is 8.97. The molecular formula is C10H22N2O. The second-order valence-corrected chi connectivity index (χ2v) is 3.78. The minimum atomic E-state index is -0.209. The molecule has 0 aliphatic carbocycles. The summed E-state index contributed by atoms with van der Waals surface area (Å²) in [6.45, 7) is 7.47. The molecule has 78 valence electrons. The Balaban J connectivity index is 3.44. The van der Waals surface area contributed by atoms with Crippen molar-refractivity contribution in [1.29, 1.82) is 0 Å². The van der Waals surface area contributed by atoms with Crippen molar-refractivity contribution in [1.82, 2.24) is 5.32 Å². The summed E-state index contributed by atoms with van der Waals surface area (Å²) < 4.78 is 0. The van der Waals surface area contributed by atoms with Crippen molar-refractivity contribution in [2.24, 2.45) is 11.7 Å². The van der Waals surface area contributed by atoms with Gasteiger partial charge in [0.1, 0.15) is 0 Å². The maximum Gasteiger partial charge on any atom is 0.217 e. The third-order valence-electron chi connectivity index (χ3n) is 2.25. The van der Waals surface area contributed by atoms with E-state index in [1.54, 1.807) is 0 Å². The third-order valence-corrected chi connectivity index (χ3v) is 2.25. The van der Waals surface area contributed by atoms with Gasteiger partial charge in [0.25, 0.3) is 0 Å². The van der Waals surface area contributed by atoms with Crippen molar-refractivity contribution in [3.8, 4) is 0 Å². The van der Waals surface area contributed by atoms with Crippen molar-refractivity contribution in [2.45, 2.75) is 46.1 Å². The SMILES string of the molecule is CCC(NCCCC(N)=O)C(C)C. The van der Waals surface area contributed by atoms with E-state index in [0.29, 0.717) is 18.4 Å². The lowest BCUT2D eigenvalue weighted by atomic mass is 10.0. The van der Waals surface area contributed by atoms with Gasteiger partial charge >= 0.3 is 0 Å². The fourth-order valence-corrected chi connectivity index (χ4v) is 1.40. The molecule has 13 heavy (non-hydrogen) atoms. The molecule has 3 N–H and O–H groups in total. The first-order valence-electron chi connectivity index (χ1n) is 5.09. The molecule has 0 saturated carbocycles. The lowest BCUT2D eigenvalue weighted by molar-refractivity contribution is -0.118. The van der Waals surface area contributed by atoms with Crippen molar-refractivity contribution < 1.29 is 4.79 Å². The molecule has 3 nitrogen and oxygen atoms in total. The van der Waals surface area contributed by atoms with E-state index in [4.69, 9.17) is 5.73 Å². The summed E-state index contributed by atoms with van der Waals surface area (Å²) in [7, 11) is 0. The van der Waals surface area contributed by atoms with Gasteiger partial charge in [0.15, 0.2) is 0 Å². The molecule has 0 heterocycles. The molecular weight excluding hydrogens is 164 g/mol. The Morgan fingerprint density at radius 1 is 1.46 bits per heavy atom. The zero-order chi connectivity index (χ0) is 10.3. The van der Waals surface area contributed by atoms with Crippen LogP contribution in [0.5, 0.6) is 0 Å². The summed E-state index contributed by atoms with van der Waals surface area (Å²) in [6.07, 6.45) is 2.47. The van der Waals surface area contributed by atoms with E-state index in [-0.39, 0.29) is 5.91 Å². The van der Waals surface area contributed by atoms with E-state index >= 15 is 0 Å². The maximum atomic E-state index is 10.4. The minimum absolute atomic E-state index is 0.209. The van der Waals surface area contributed by atoms with E-state index in [1.807, 2.05) is 0 Å². The van der Waals surface area contributed by atoms with E-state index in [0.717, 1.165) is 19.4 Å². The Bertz CT molecular complexity index is 146. The molecule has 1 atom stereocenters. The van der Waals surface area contributed by atoms with Gasteiger partial charge in [-0.2, -0.15) is 0 Å². The molecule has 0 rings (SSSR count). The number of amides is 1. The Kier molecular flexibility index (Phi) is 6.59. The Morgan fingerprint density at radius 3 is 2.46 bits per heavy atom. The zero-order valence-corrected chi connectivity index (χ0v) is 8.97. The summed E-state index contributed by atoms with van der Waals surface area (Å²) >= 11 is 0. The monoisotopic (exact) mass is 186 g/mol. The highest BCUT2D eigenvalue weighted by Crippen LogP contribution is 2.04. The molecule has 0 bridgehead atoms. The van der Waals surface area contributed by atoms with Gasteiger partial charge in [0, 0.05) is 12.5 Å². The number of carbonyl (C=O) groups is 1. The smallest absolute Gasteiger partial charge is 0.217 e. The molecule has 0 saturated heterocycles.